The van der Waals surface area contributed by atoms with Gasteiger partial charge in [0.1, 0.15) is 17.1 Å². The highest BCUT2D eigenvalue weighted by Gasteiger charge is 2.21. The molecule has 1 aromatic carbocycles. The summed E-state index contributed by atoms with van der Waals surface area (Å²) >= 11 is 0. The van der Waals surface area contributed by atoms with Crippen LogP contribution in [0, 0.1) is 0 Å². The Kier molecular flexibility index (Phi) is 4.53. The lowest BCUT2D eigenvalue weighted by Crippen LogP contribution is -2.32. The average molecular weight is 253 g/mol. The monoisotopic (exact) mass is 253 g/mol. The van der Waals surface area contributed by atoms with E-state index in [1.807, 2.05) is 0 Å². The molecule has 6 nitrogen and oxygen atoms in total. The van der Waals surface area contributed by atoms with Gasteiger partial charge < -0.3 is 20.2 Å². The van der Waals surface area contributed by atoms with Crippen LogP contribution in [-0.2, 0) is 4.79 Å². The lowest BCUT2D eigenvalue weighted by molar-refractivity contribution is -0.137. The molecule has 0 saturated carbocycles. The van der Waals surface area contributed by atoms with Crippen LogP contribution in [0.3, 0.4) is 0 Å². The second-order valence-electron chi connectivity index (χ2n) is 3.70. The van der Waals surface area contributed by atoms with Crippen molar-refractivity contribution in [3.05, 3.63) is 23.8 Å². The quantitative estimate of drug-likeness (QED) is 0.728. The fourth-order valence-corrected chi connectivity index (χ4v) is 1.54. The zero-order valence-corrected chi connectivity index (χ0v) is 9.96. The van der Waals surface area contributed by atoms with Crippen LogP contribution in [0.15, 0.2) is 18.2 Å². The fraction of sp³-hybridized carbons (Fsp3) is 0.333. The maximum absolute atomic E-state index is 12.0. The molecule has 0 aliphatic rings. The van der Waals surface area contributed by atoms with Crippen molar-refractivity contribution in [2.45, 2.75) is 13.3 Å². The number of benzene rings is 1. The summed E-state index contributed by atoms with van der Waals surface area (Å²) in [5.41, 5.74) is -0.204. The van der Waals surface area contributed by atoms with Crippen molar-refractivity contribution in [3.8, 4) is 11.5 Å². The Bertz CT molecular complexity index is 438. The molecule has 6 heteroatoms. The average Bonchev–Trinajstić information content (AvgIpc) is 2.29. The number of rotatable bonds is 5. The number of aromatic hydroxyl groups is 2. The normalized spacial score (nSPS) is 10.1. The number of carbonyl (C=O) groups excluding carboxylic acids is 1. The van der Waals surface area contributed by atoms with Crippen LogP contribution >= 0.6 is 0 Å². The van der Waals surface area contributed by atoms with Gasteiger partial charge in [-0.25, -0.2) is 0 Å². The van der Waals surface area contributed by atoms with E-state index in [0.717, 1.165) is 0 Å². The molecule has 0 spiro atoms. The third kappa shape index (κ3) is 3.13. The first kappa shape index (κ1) is 13.8. The van der Waals surface area contributed by atoms with Crippen molar-refractivity contribution >= 4 is 11.9 Å². The smallest absolute Gasteiger partial charge is 0.305 e. The summed E-state index contributed by atoms with van der Waals surface area (Å²) in [6.45, 7) is 2.01. The van der Waals surface area contributed by atoms with Crippen molar-refractivity contribution in [2.75, 3.05) is 13.1 Å². The van der Waals surface area contributed by atoms with Gasteiger partial charge in [0.25, 0.3) is 5.91 Å². The Morgan fingerprint density at radius 3 is 2.22 bits per heavy atom. The summed E-state index contributed by atoms with van der Waals surface area (Å²) in [4.78, 5) is 23.8. The summed E-state index contributed by atoms with van der Waals surface area (Å²) in [5.74, 6) is -2.25. The summed E-state index contributed by atoms with van der Waals surface area (Å²) in [7, 11) is 0. The van der Waals surface area contributed by atoms with E-state index in [2.05, 4.69) is 0 Å². The maximum atomic E-state index is 12.0. The zero-order chi connectivity index (χ0) is 13.7. The van der Waals surface area contributed by atoms with E-state index in [1.54, 1.807) is 6.92 Å². The number of carboxylic acids is 1. The van der Waals surface area contributed by atoms with E-state index < -0.39 is 11.9 Å². The standard InChI is InChI=1S/C12H15NO5/c1-2-13(7-6-10(16)17)12(18)11-8(14)4-3-5-9(11)15/h3-5,14-15H,2,6-7H2,1H3,(H,16,17). The van der Waals surface area contributed by atoms with E-state index in [0.29, 0.717) is 6.54 Å². The molecule has 0 fully saturated rings. The predicted molar refractivity (Wildman–Crippen MR) is 63.6 cm³/mol. The van der Waals surface area contributed by atoms with Gasteiger partial charge in [-0.05, 0) is 19.1 Å². The minimum atomic E-state index is -1.01. The zero-order valence-electron chi connectivity index (χ0n) is 9.96. The van der Waals surface area contributed by atoms with Gasteiger partial charge >= 0.3 is 5.97 Å². The molecule has 0 atom stereocenters. The Balaban J connectivity index is 2.93. The number of hydrogen-bond donors (Lipinski definition) is 3. The molecule has 98 valence electrons. The van der Waals surface area contributed by atoms with Gasteiger partial charge in [-0.1, -0.05) is 6.07 Å². The van der Waals surface area contributed by atoms with Gasteiger partial charge in [0, 0.05) is 13.1 Å². The summed E-state index contributed by atoms with van der Waals surface area (Å²) in [6.07, 6.45) is -0.187. The lowest BCUT2D eigenvalue weighted by atomic mass is 10.1. The van der Waals surface area contributed by atoms with Crippen LogP contribution < -0.4 is 0 Å². The largest absolute Gasteiger partial charge is 0.507 e. The lowest BCUT2D eigenvalue weighted by Gasteiger charge is -2.20. The van der Waals surface area contributed by atoms with Crippen molar-refractivity contribution in [1.29, 1.82) is 0 Å². The van der Waals surface area contributed by atoms with Crippen molar-refractivity contribution in [3.63, 3.8) is 0 Å². The molecule has 18 heavy (non-hydrogen) atoms. The molecular weight excluding hydrogens is 238 g/mol. The van der Waals surface area contributed by atoms with Crippen molar-refractivity contribution < 1.29 is 24.9 Å². The van der Waals surface area contributed by atoms with Crippen LogP contribution in [0.25, 0.3) is 0 Å². The van der Waals surface area contributed by atoms with Gasteiger partial charge in [0.05, 0.1) is 6.42 Å². The molecular formula is C12H15NO5. The van der Waals surface area contributed by atoms with E-state index >= 15 is 0 Å². The Morgan fingerprint density at radius 1 is 1.22 bits per heavy atom. The Hall–Kier alpha value is -2.24. The van der Waals surface area contributed by atoms with E-state index in [1.165, 1.54) is 23.1 Å². The van der Waals surface area contributed by atoms with Gasteiger partial charge in [0.2, 0.25) is 0 Å². The maximum Gasteiger partial charge on any atom is 0.305 e. The van der Waals surface area contributed by atoms with Crippen molar-refractivity contribution in [1.82, 2.24) is 4.90 Å². The van der Waals surface area contributed by atoms with Crippen LogP contribution in [0.5, 0.6) is 11.5 Å². The molecule has 0 radical (unpaired) electrons. The fourth-order valence-electron chi connectivity index (χ4n) is 1.54. The van der Waals surface area contributed by atoms with E-state index in [4.69, 9.17) is 5.11 Å². The molecule has 0 heterocycles. The summed E-state index contributed by atoms with van der Waals surface area (Å²) < 4.78 is 0. The number of phenolic OH excluding ortho intramolecular Hbond substituents is 2. The van der Waals surface area contributed by atoms with Crippen LogP contribution in [0.1, 0.15) is 23.7 Å². The Labute approximate surface area is 104 Å². The molecule has 0 bridgehead atoms. The number of aliphatic carboxylic acids is 1. The first-order valence-electron chi connectivity index (χ1n) is 5.49. The van der Waals surface area contributed by atoms with Gasteiger partial charge in [-0.2, -0.15) is 0 Å². The molecule has 1 aromatic rings. The minimum Gasteiger partial charge on any atom is -0.507 e. The second-order valence-corrected chi connectivity index (χ2v) is 3.70. The highest BCUT2D eigenvalue weighted by molar-refractivity contribution is 5.99. The highest BCUT2D eigenvalue weighted by atomic mass is 16.4. The number of carbonyl (C=O) groups is 2. The first-order valence-corrected chi connectivity index (χ1v) is 5.49. The first-order chi connectivity index (χ1) is 8.47. The number of amides is 1. The number of hydrogen-bond acceptors (Lipinski definition) is 4. The highest BCUT2D eigenvalue weighted by Crippen LogP contribution is 2.27. The SMILES string of the molecule is CCN(CCC(=O)O)C(=O)c1c(O)cccc1O. The number of phenols is 2. The molecule has 1 amide bonds. The third-order valence-electron chi connectivity index (χ3n) is 2.50. The van der Waals surface area contributed by atoms with E-state index in [-0.39, 0.29) is 30.0 Å². The molecule has 0 unspecified atom stereocenters. The molecule has 0 aliphatic heterocycles. The predicted octanol–water partition coefficient (Wildman–Crippen LogP) is 1.03. The van der Waals surface area contributed by atoms with Crippen LogP contribution in [0.4, 0.5) is 0 Å². The summed E-state index contributed by atoms with van der Waals surface area (Å²) in [5, 5.41) is 27.7. The van der Waals surface area contributed by atoms with Gasteiger partial charge in [0.15, 0.2) is 0 Å². The Morgan fingerprint density at radius 2 is 1.78 bits per heavy atom. The van der Waals surface area contributed by atoms with Crippen LogP contribution in [-0.4, -0.2) is 45.2 Å². The second kappa shape index (κ2) is 5.90. The van der Waals surface area contributed by atoms with Crippen LogP contribution in [0.2, 0.25) is 0 Å². The number of carboxylic acid groups (broad SMARTS) is 1. The molecule has 0 aromatic heterocycles. The molecule has 3 N–H and O–H groups in total. The molecule has 0 saturated heterocycles. The molecule has 0 aliphatic carbocycles. The topological polar surface area (TPSA) is 98.1 Å². The minimum absolute atomic E-state index is 0.0262. The summed E-state index contributed by atoms with van der Waals surface area (Å²) in [6, 6.07) is 3.99. The van der Waals surface area contributed by atoms with Gasteiger partial charge in [-0.15, -0.1) is 0 Å². The van der Waals surface area contributed by atoms with Gasteiger partial charge in [-0.3, -0.25) is 9.59 Å². The van der Waals surface area contributed by atoms with Crippen molar-refractivity contribution in [2.24, 2.45) is 0 Å². The molecule has 1 rings (SSSR count). The number of nitrogens with zero attached hydrogens (tertiary/aromatic N) is 1. The van der Waals surface area contributed by atoms with E-state index in [9.17, 15) is 19.8 Å². The third-order valence-corrected chi connectivity index (χ3v) is 2.50.